The monoisotopic (exact) mass is 210 g/mol. The number of hydrogen-bond donors (Lipinski definition) is 0. The van der Waals surface area contributed by atoms with Gasteiger partial charge in [-0.05, 0) is 18.2 Å². The Hall–Kier alpha value is -0.830. The molecule has 0 atom stereocenters. The minimum atomic E-state index is 0.230. The SMILES string of the molecule is CC(C)(C)Sc1ccc2c(c1)OCO2. The van der Waals surface area contributed by atoms with Crippen molar-refractivity contribution in [3.63, 3.8) is 0 Å². The third-order valence-corrected chi connectivity index (χ3v) is 2.87. The van der Waals surface area contributed by atoms with Gasteiger partial charge in [-0.2, -0.15) is 0 Å². The van der Waals surface area contributed by atoms with Gasteiger partial charge < -0.3 is 9.47 Å². The van der Waals surface area contributed by atoms with Gasteiger partial charge in [-0.3, -0.25) is 0 Å². The van der Waals surface area contributed by atoms with Crippen molar-refractivity contribution in [2.75, 3.05) is 6.79 Å². The molecular formula is C11H14O2S. The molecule has 0 bridgehead atoms. The van der Waals surface area contributed by atoms with Gasteiger partial charge in [-0.15, -0.1) is 11.8 Å². The molecule has 1 aromatic rings. The van der Waals surface area contributed by atoms with Gasteiger partial charge >= 0.3 is 0 Å². The van der Waals surface area contributed by atoms with Crippen molar-refractivity contribution in [2.24, 2.45) is 0 Å². The highest BCUT2D eigenvalue weighted by Gasteiger charge is 2.17. The van der Waals surface area contributed by atoms with Gasteiger partial charge in [-0.25, -0.2) is 0 Å². The van der Waals surface area contributed by atoms with E-state index in [1.807, 2.05) is 23.9 Å². The molecule has 0 spiro atoms. The van der Waals surface area contributed by atoms with Crippen LogP contribution in [-0.2, 0) is 0 Å². The van der Waals surface area contributed by atoms with Gasteiger partial charge in [0.05, 0.1) is 0 Å². The molecule has 1 aliphatic heterocycles. The minimum Gasteiger partial charge on any atom is -0.454 e. The average molecular weight is 210 g/mol. The van der Waals surface area contributed by atoms with Crippen LogP contribution >= 0.6 is 11.8 Å². The second kappa shape index (κ2) is 3.39. The van der Waals surface area contributed by atoms with Crippen LogP contribution in [-0.4, -0.2) is 11.5 Å². The zero-order valence-corrected chi connectivity index (χ0v) is 9.48. The summed E-state index contributed by atoms with van der Waals surface area (Å²) in [6.07, 6.45) is 0. The predicted octanol–water partition coefficient (Wildman–Crippen LogP) is 3.31. The van der Waals surface area contributed by atoms with Gasteiger partial charge in [0.1, 0.15) is 0 Å². The maximum atomic E-state index is 5.32. The number of fused-ring (bicyclic) bond motifs is 1. The summed E-state index contributed by atoms with van der Waals surface area (Å²) in [5, 5.41) is 0. The van der Waals surface area contributed by atoms with Crippen molar-refractivity contribution in [2.45, 2.75) is 30.4 Å². The number of ether oxygens (including phenoxy) is 2. The lowest BCUT2D eigenvalue weighted by atomic mass is 10.3. The second-order valence-electron chi connectivity index (χ2n) is 4.23. The van der Waals surface area contributed by atoms with Crippen LogP contribution in [0.4, 0.5) is 0 Å². The van der Waals surface area contributed by atoms with Gasteiger partial charge in [0.2, 0.25) is 6.79 Å². The fourth-order valence-corrected chi connectivity index (χ4v) is 2.30. The Kier molecular flexibility index (Phi) is 2.35. The van der Waals surface area contributed by atoms with Gasteiger partial charge in [0, 0.05) is 9.64 Å². The quantitative estimate of drug-likeness (QED) is 0.662. The minimum absolute atomic E-state index is 0.230. The van der Waals surface area contributed by atoms with Crippen molar-refractivity contribution < 1.29 is 9.47 Å². The molecule has 0 aliphatic carbocycles. The summed E-state index contributed by atoms with van der Waals surface area (Å²) in [6.45, 7) is 6.94. The number of thioether (sulfide) groups is 1. The molecule has 1 heterocycles. The standard InChI is InChI=1S/C11H14O2S/c1-11(2,3)14-8-4-5-9-10(6-8)13-7-12-9/h4-6H,7H2,1-3H3. The number of rotatable bonds is 1. The molecule has 0 N–H and O–H groups in total. The molecule has 1 aliphatic rings. The first-order valence-corrected chi connectivity index (χ1v) is 5.45. The van der Waals surface area contributed by atoms with E-state index in [2.05, 4.69) is 26.8 Å². The zero-order chi connectivity index (χ0) is 10.2. The van der Waals surface area contributed by atoms with Crippen molar-refractivity contribution in [3.05, 3.63) is 18.2 Å². The first-order valence-electron chi connectivity index (χ1n) is 4.63. The van der Waals surface area contributed by atoms with Crippen LogP contribution in [0.5, 0.6) is 11.5 Å². The summed E-state index contributed by atoms with van der Waals surface area (Å²) < 4.78 is 10.8. The second-order valence-corrected chi connectivity index (χ2v) is 6.13. The molecule has 0 fully saturated rings. The highest BCUT2D eigenvalue weighted by molar-refractivity contribution is 8.00. The van der Waals surface area contributed by atoms with Crippen LogP contribution in [0.25, 0.3) is 0 Å². The van der Waals surface area contributed by atoms with E-state index >= 15 is 0 Å². The third-order valence-electron chi connectivity index (χ3n) is 1.77. The van der Waals surface area contributed by atoms with Crippen LogP contribution in [0.1, 0.15) is 20.8 Å². The number of benzene rings is 1. The summed E-state index contributed by atoms with van der Waals surface area (Å²) in [5.41, 5.74) is 0. The van der Waals surface area contributed by atoms with Crippen molar-refractivity contribution in [3.8, 4) is 11.5 Å². The third kappa shape index (κ3) is 2.15. The molecule has 2 nitrogen and oxygen atoms in total. The topological polar surface area (TPSA) is 18.5 Å². The van der Waals surface area contributed by atoms with E-state index in [1.54, 1.807) is 0 Å². The van der Waals surface area contributed by atoms with E-state index in [4.69, 9.17) is 9.47 Å². The molecule has 76 valence electrons. The maximum absolute atomic E-state index is 5.32. The lowest BCUT2D eigenvalue weighted by Crippen LogP contribution is -2.06. The summed E-state index contributed by atoms with van der Waals surface area (Å²) in [4.78, 5) is 1.22. The normalized spacial score (nSPS) is 14.5. The molecule has 0 amide bonds. The van der Waals surface area contributed by atoms with Gasteiger partial charge in [-0.1, -0.05) is 20.8 Å². The van der Waals surface area contributed by atoms with Gasteiger partial charge in [0.15, 0.2) is 11.5 Å². The smallest absolute Gasteiger partial charge is 0.231 e. The lowest BCUT2D eigenvalue weighted by Gasteiger charge is -2.17. The zero-order valence-electron chi connectivity index (χ0n) is 8.66. The van der Waals surface area contributed by atoms with E-state index in [0.717, 1.165) is 11.5 Å². The van der Waals surface area contributed by atoms with Crippen LogP contribution < -0.4 is 9.47 Å². The van der Waals surface area contributed by atoms with Gasteiger partial charge in [0.25, 0.3) is 0 Å². The van der Waals surface area contributed by atoms with Crippen molar-refractivity contribution >= 4 is 11.8 Å². The summed E-state index contributed by atoms with van der Waals surface area (Å²) in [6, 6.07) is 6.08. The Morgan fingerprint density at radius 1 is 1.14 bits per heavy atom. The fraction of sp³-hybridized carbons (Fsp3) is 0.455. The van der Waals surface area contributed by atoms with E-state index in [9.17, 15) is 0 Å². The van der Waals surface area contributed by atoms with Crippen LogP contribution in [0.3, 0.4) is 0 Å². The van der Waals surface area contributed by atoms with Crippen LogP contribution in [0.15, 0.2) is 23.1 Å². The van der Waals surface area contributed by atoms with E-state index in [-0.39, 0.29) is 4.75 Å². The molecule has 1 aromatic carbocycles. The molecule has 0 radical (unpaired) electrons. The first kappa shape index (κ1) is 9.71. The average Bonchev–Trinajstić information content (AvgIpc) is 2.47. The molecule has 0 saturated carbocycles. The Morgan fingerprint density at radius 3 is 2.57 bits per heavy atom. The van der Waals surface area contributed by atoms with Crippen molar-refractivity contribution in [1.29, 1.82) is 0 Å². The number of hydrogen-bond acceptors (Lipinski definition) is 3. The van der Waals surface area contributed by atoms with E-state index in [0.29, 0.717) is 6.79 Å². The van der Waals surface area contributed by atoms with Crippen LogP contribution in [0.2, 0.25) is 0 Å². The summed E-state index contributed by atoms with van der Waals surface area (Å²) in [7, 11) is 0. The lowest BCUT2D eigenvalue weighted by molar-refractivity contribution is 0.174. The van der Waals surface area contributed by atoms with E-state index in [1.165, 1.54) is 4.90 Å². The highest BCUT2D eigenvalue weighted by Crippen LogP contribution is 2.39. The Balaban J connectivity index is 2.21. The van der Waals surface area contributed by atoms with E-state index < -0.39 is 0 Å². The molecular weight excluding hydrogens is 196 g/mol. The largest absolute Gasteiger partial charge is 0.454 e. The summed E-state index contributed by atoms with van der Waals surface area (Å²) in [5.74, 6) is 1.71. The first-order chi connectivity index (χ1) is 6.54. The maximum Gasteiger partial charge on any atom is 0.231 e. The molecule has 2 rings (SSSR count). The van der Waals surface area contributed by atoms with Crippen molar-refractivity contribution in [1.82, 2.24) is 0 Å². The van der Waals surface area contributed by atoms with Crippen LogP contribution in [0, 0.1) is 0 Å². The Bertz CT molecular complexity index is 342. The predicted molar refractivity (Wildman–Crippen MR) is 58.2 cm³/mol. The molecule has 14 heavy (non-hydrogen) atoms. The molecule has 0 unspecified atom stereocenters. The summed E-state index contributed by atoms with van der Waals surface area (Å²) >= 11 is 1.83. The Labute approximate surface area is 88.6 Å². The fourth-order valence-electron chi connectivity index (χ4n) is 1.29. The highest BCUT2D eigenvalue weighted by atomic mass is 32.2. The molecule has 0 saturated heterocycles. The molecule has 0 aromatic heterocycles. The molecule has 3 heteroatoms. The Morgan fingerprint density at radius 2 is 1.86 bits per heavy atom.